The largest absolute Gasteiger partial charge is 0.462 e. The summed E-state index contributed by atoms with van der Waals surface area (Å²) >= 11 is 9.29. The van der Waals surface area contributed by atoms with Crippen molar-refractivity contribution in [1.82, 2.24) is 0 Å². The fourth-order valence-electron chi connectivity index (χ4n) is 3.59. The summed E-state index contributed by atoms with van der Waals surface area (Å²) in [5, 5.41) is 4.83. The number of halogens is 1. The number of rotatable bonds is 4. The Morgan fingerprint density at radius 1 is 1.29 bits per heavy atom. The second kappa shape index (κ2) is 7.85. The van der Waals surface area contributed by atoms with E-state index in [2.05, 4.69) is 12.2 Å². The van der Waals surface area contributed by atoms with Gasteiger partial charge >= 0.3 is 5.97 Å². The van der Waals surface area contributed by atoms with Crippen LogP contribution >= 0.6 is 34.3 Å². The monoisotopic (exact) mass is 433 g/mol. The first-order valence-corrected chi connectivity index (χ1v) is 11.3. The lowest BCUT2D eigenvalue weighted by Crippen LogP contribution is -2.16. The molecule has 1 amide bonds. The lowest BCUT2D eigenvalue weighted by Gasteiger charge is -2.18. The Balaban J connectivity index is 1.71. The topological polar surface area (TPSA) is 55.4 Å². The van der Waals surface area contributed by atoms with Gasteiger partial charge in [0.25, 0.3) is 5.91 Å². The van der Waals surface area contributed by atoms with E-state index >= 15 is 0 Å². The van der Waals surface area contributed by atoms with Crippen LogP contribution < -0.4 is 5.32 Å². The number of hydrogen-bond acceptors (Lipinski definition) is 5. The molecule has 0 radical (unpaired) electrons. The Hall–Kier alpha value is -1.89. The molecule has 2 heterocycles. The number of benzene rings is 1. The third kappa shape index (κ3) is 3.45. The van der Waals surface area contributed by atoms with Gasteiger partial charge < -0.3 is 10.1 Å². The van der Waals surface area contributed by atoms with Crippen molar-refractivity contribution < 1.29 is 14.3 Å². The number of carbonyl (C=O) groups excluding carboxylic acids is 2. The van der Waals surface area contributed by atoms with E-state index in [-0.39, 0.29) is 11.9 Å². The zero-order valence-corrected chi connectivity index (χ0v) is 18.0. The molecular weight excluding hydrogens is 414 g/mol. The van der Waals surface area contributed by atoms with E-state index in [0.717, 1.165) is 34.9 Å². The summed E-state index contributed by atoms with van der Waals surface area (Å²) in [7, 11) is 0. The van der Waals surface area contributed by atoms with E-state index in [0.29, 0.717) is 33.0 Å². The van der Waals surface area contributed by atoms with Crippen molar-refractivity contribution >= 4 is 61.2 Å². The molecular formula is C21H20ClNO3S2. The van der Waals surface area contributed by atoms with Crippen LogP contribution in [0.4, 0.5) is 5.00 Å². The maximum atomic E-state index is 13.0. The van der Waals surface area contributed by atoms with Crippen LogP contribution in [0.5, 0.6) is 0 Å². The number of amides is 1. The highest BCUT2D eigenvalue weighted by Gasteiger charge is 2.30. The molecule has 1 aliphatic rings. The predicted octanol–water partition coefficient (Wildman–Crippen LogP) is 6.17. The summed E-state index contributed by atoms with van der Waals surface area (Å²) in [5.41, 5.74) is 1.54. The molecule has 0 bridgehead atoms. The van der Waals surface area contributed by atoms with E-state index in [1.54, 1.807) is 6.92 Å². The van der Waals surface area contributed by atoms with Crippen molar-refractivity contribution in [3.05, 3.63) is 50.2 Å². The van der Waals surface area contributed by atoms with Gasteiger partial charge in [-0.1, -0.05) is 36.7 Å². The Morgan fingerprint density at radius 3 is 2.82 bits per heavy atom. The maximum absolute atomic E-state index is 13.0. The Bertz CT molecular complexity index is 1070. The molecule has 4 nitrogen and oxygen atoms in total. The molecule has 1 N–H and O–H groups in total. The summed E-state index contributed by atoms with van der Waals surface area (Å²) in [5.74, 6) is -0.147. The summed E-state index contributed by atoms with van der Waals surface area (Å²) in [6.07, 6.45) is 2.85. The van der Waals surface area contributed by atoms with Crippen LogP contribution in [0.1, 0.15) is 50.7 Å². The number of nitrogens with one attached hydrogen (secondary N) is 1. The Morgan fingerprint density at radius 2 is 2.07 bits per heavy atom. The molecule has 1 aliphatic carbocycles. The van der Waals surface area contributed by atoms with Gasteiger partial charge in [0, 0.05) is 15.0 Å². The smallest absolute Gasteiger partial charge is 0.341 e. The lowest BCUT2D eigenvalue weighted by atomic mass is 9.88. The summed E-state index contributed by atoms with van der Waals surface area (Å²) in [6.45, 7) is 4.27. The van der Waals surface area contributed by atoms with Crippen LogP contribution in [0.25, 0.3) is 10.1 Å². The van der Waals surface area contributed by atoms with E-state index in [1.165, 1.54) is 27.6 Å². The molecule has 146 valence electrons. The average Bonchev–Trinajstić information content (AvgIpc) is 3.19. The highest BCUT2D eigenvalue weighted by Crippen LogP contribution is 2.41. The summed E-state index contributed by atoms with van der Waals surface area (Å²) in [6, 6.07) is 7.67. The van der Waals surface area contributed by atoms with Gasteiger partial charge in [0.1, 0.15) is 9.88 Å². The van der Waals surface area contributed by atoms with Crippen molar-refractivity contribution in [2.45, 2.75) is 33.1 Å². The zero-order chi connectivity index (χ0) is 19.8. The molecule has 28 heavy (non-hydrogen) atoms. The fourth-order valence-corrected chi connectivity index (χ4v) is 6.22. The Labute approximate surface area is 176 Å². The molecule has 0 saturated heterocycles. The predicted molar refractivity (Wildman–Crippen MR) is 116 cm³/mol. The lowest BCUT2D eigenvalue weighted by molar-refractivity contribution is 0.0526. The van der Waals surface area contributed by atoms with Gasteiger partial charge in [-0.05, 0) is 43.7 Å². The van der Waals surface area contributed by atoms with Crippen LogP contribution in [-0.4, -0.2) is 18.5 Å². The second-order valence-corrected chi connectivity index (χ2v) is 9.51. The first-order valence-electron chi connectivity index (χ1n) is 9.29. The number of hydrogen-bond donors (Lipinski definition) is 1. The van der Waals surface area contributed by atoms with Gasteiger partial charge in [-0.25, -0.2) is 4.79 Å². The molecule has 0 fully saturated rings. The van der Waals surface area contributed by atoms with Crippen molar-refractivity contribution in [3.8, 4) is 0 Å². The van der Waals surface area contributed by atoms with Crippen molar-refractivity contribution in [1.29, 1.82) is 0 Å². The highest BCUT2D eigenvalue weighted by atomic mass is 35.5. The third-order valence-electron chi connectivity index (χ3n) is 4.96. The van der Waals surface area contributed by atoms with Crippen LogP contribution in [0.15, 0.2) is 24.3 Å². The molecule has 1 unspecified atom stereocenters. The van der Waals surface area contributed by atoms with E-state index in [1.807, 2.05) is 24.3 Å². The Kier molecular flexibility index (Phi) is 5.45. The van der Waals surface area contributed by atoms with Gasteiger partial charge in [-0.3, -0.25) is 4.79 Å². The van der Waals surface area contributed by atoms with E-state index in [4.69, 9.17) is 16.3 Å². The molecule has 3 aromatic rings. The molecule has 0 spiro atoms. The minimum atomic E-state index is -0.369. The van der Waals surface area contributed by atoms with Crippen molar-refractivity contribution in [2.75, 3.05) is 11.9 Å². The van der Waals surface area contributed by atoms with Gasteiger partial charge in [-0.15, -0.1) is 22.7 Å². The number of aryl methyl sites for hydroxylation is 1. The average molecular weight is 434 g/mol. The number of esters is 1. The second-order valence-electron chi connectivity index (χ2n) is 6.97. The summed E-state index contributed by atoms with van der Waals surface area (Å²) < 4.78 is 6.24. The highest BCUT2D eigenvalue weighted by molar-refractivity contribution is 7.22. The van der Waals surface area contributed by atoms with Gasteiger partial charge in [0.2, 0.25) is 0 Å². The molecule has 0 saturated carbocycles. The molecule has 0 aliphatic heterocycles. The van der Waals surface area contributed by atoms with Gasteiger partial charge in [-0.2, -0.15) is 0 Å². The van der Waals surface area contributed by atoms with Crippen LogP contribution in [0.3, 0.4) is 0 Å². The van der Waals surface area contributed by atoms with Crippen LogP contribution in [0.2, 0.25) is 5.02 Å². The van der Waals surface area contributed by atoms with Crippen LogP contribution in [0, 0.1) is 5.92 Å². The molecule has 1 aromatic carbocycles. The molecule has 4 rings (SSSR count). The maximum Gasteiger partial charge on any atom is 0.341 e. The van der Waals surface area contributed by atoms with Crippen molar-refractivity contribution in [2.24, 2.45) is 5.92 Å². The summed E-state index contributed by atoms with van der Waals surface area (Å²) in [4.78, 5) is 27.2. The number of thiophene rings is 2. The quantitative estimate of drug-likeness (QED) is 0.500. The number of anilines is 1. The number of ether oxygens (including phenoxy) is 1. The fraction of sp³-hybridized carbons (Fsp3) is 0.333. The molecule has 7 heteroatoms. The zero-order valence-electron chi connectivity index (χ0n) is 15.6. The SMILES string of the molecule is CCOC(=O)c1c(NC(=O)c2sc3ccccc3c2Cl)sc2c1CC(C)CC2. The first-order chi connectivity index (χ1) is 13.5. The van der Waals surface area contributed by atoms with Gasteiger partial charge in [0.15, 0.2) is 0 Å². The van der Waals surface area contributed by atoms with Crippen LogP contribution in [-0.2, 0) is 17.6 Å². The third-order valence-corrected chi connectivity index (χ3v) is 7.84. The molecule has 1 atom stereocenters. The first kappa shape index (κ1) is 19.4. The standard InChI is InChI=1S/C21H20ClNO3S2/c1-3-26-21(25)16-13-10-11(2)8-9-15(13)28-20(16)23-19(24)18-17(22)12-6-4-5-7-14(12)27-18/h4-7,11H,3,8-10H2,1-2H3,(H,23,24). The number of fused-ring (bicyclic) bond motifs is 2. The van der Waals surface area contributed by atoms with E-state index in [9.17, 15) is 9.59 Å². The van der Waals surface area contributed by atoms with Crippen molar-refractivity contribution in [3.63, 3.8) is 0 Å². The van der Waals surface area contributed by atoms with Gasteiger partial charge in [0.05, 0.1) is 17.2 Å². The normalized spacial score (nSPS) is 16.0. The minimum absolute atomic E-state index is 0.289. The minimum Gasteiger partial charge on any atom is -0.462 e. The van der Waals surface area contributed by atoms with E-state index < -0.39 is 0 Å². The number of carbonyl (C=O) groups is 2. The molecule has 2 aromatic heterocycles.